The molecule has 1 saturated heterocycles. The van der Waals surface area contributed by atoms with Gasteiger partial charge < -0.3 is 14.2 Å². The third-order valence-electron chi connectivity index (χ3n) is 2.91. The molecule has 0 spiro atoms. The second kappa shape index (κ2) is 5.17. The van der Waals surface area contributed by atoms with E-state index in [-0.39, 0.29) is 12.2 Å². The predicted octanol–water partition coefficient (Wildman–Crippen LogP) is 2.74. The molecule has 1 unspecified atom stereocenters. The zero-order valence-corrected chi connectivity index (χ0v) is 10.7. The normalized spacial score (nSPS) is 24.8. The number of hydrogen-bond acceptors (Lipinski definition) is 3. The van der Waals surface area contributed by atoms with Gasteiger partial charge in [0.15, 0.2) is 5.79 Å². The van der Waals surface area contributed by atoms with Crippen LogP contribution >= 0.6 is 0 Å². The molecule has 1 aliphatic heterocycles. The van der Waals surface area contributed by atoms with Crippen LogP contribution in [0.2, 0.25) is 0 Å². The standard InChI is InChI=1S/C14H20O3/c1-11(13-10-16-14(2,3)17-13)15-9-12-7-5-4-6-8-12/h4-8,11,13H,9-10H2,1-3H3/t11-,13?/m0/s1. The molecule has 1 aromatic rings. The summed E-state index contributed by atoms with van der Waals surface area (Å²) in [5, 5.41) is 0. The summed E-state index contributed by atoms with van der Waals surface area (Å²) in [5.74, 6) is -0.477. The van der Waals surface area contributed by atoms with Crippen molar-refractivity contribution >= 4 is 0 Å². The first kappa shape index (κ1) is 12.6. The van der Waals surface area contributed by atoms with Gasteiger partial charge in [0.1, 0.15) is 6.10 Å². The van der Waals surface area contributed by atoms with E-state index in [1.165, 1.54) is 5.56 Å². The Morgan fingerprint density at radius 1 is 1.35 bits per heavy atom. The molecule has 0 saturated carbocycles. The van der Waals surface area contributed by atoms with Crippen molar-refractivity contribution in [2.24, 2.45) is 0 Å². The first-order valence-electron chi connectivity index (χ1n) is 6.04. The highest BCUT2D eigenvalue weighted by Crippen LogP contribution is 2.25. The Balaban J connectivity index is 1.80. The Morgan fingerprint density at radius 2 is 2.06 bits per heavy atom. The maximum absolute atomic E-state index is 5.80. The fraction of sp³-hybridized carbons (Fsp3) is 0.571. The summed E-state index contributed by atoms with van der Waals surface area (Å²) in [4.78, 5) is 0. The van der Waals surface area contributed by atoms with Crippen LogP contribution in [0.5, 0.6) is 0 Å². The van der Waals surface area contributed by atoms with Crippen LogP contribution in [-0.2, 0) is 20.8 Å². The Kier molecular flexibility index (Phi) is 3.82. The lowest BCUT2D eigenvalue weighted by molar-refractivity contribution is -0.155. The summed E-state index contributed by atoms with van der Waals surface area (Å²) in [5.41, 5.74) is 1.18. The molecule has 1 fully saturated rings. The second-order valence-corrected chi connectivity index (χ2v) is 4.87. The zero-order chi connectivity index (χ0) is 12.3. The van der Waals surface area contributed by atoms with Crippen molar-refractivity contribution in [2.45, 2.75) is 45.4 Å². The van der Waals surface area contributed by atoms with Crippen LogP contribution in [0.4, 0.5) is 0 Å². The minimum atomic E-state index is -0.477. The zero-order valence-electron chi connectivity index (χ0n) is 10.7. The quantitative estimate of drug-likeness (QED) is 0.804. The molecule has 2 rings (SSSR count). The third kappa shape index (κ3) is 3.53. The lowest BCUT2D eigenvalue weighted by Gasteiger charge is -2.21. The van der Waals surface area contributed by atoms with Gasteiger partial charge in [-0.3, -0.25) is 0 Å². The lowest BCUT2D eigenvalue weighted by atomic mass is 10.2. The first-order chi connectivity index (χ1) is 8.07. The molecule has 1 aliphatic rings. The van der Waals surface area contributed by atoms with Crippen molar-refractivity contribution in [3.8, 4) is 0 Å². The molecule has 0 aromatic heterocycles. The number of ether oxygens (including phenoxy) is 3. The van der Waals surface area contributed by atoms with Gasteiger partial charge in [-0.2, -0.15) is 0 Å². The SMILES string of the molecule is C[C@H](OCc1ccccc1)C1COC(C)(C)O1. The van der Waals surface area contributed by atoms with E-state index in [0.717, 1.165) is 0 Å². The van der Waals surface area contributed by atoms with Crippen molar-refractivity contribution in [3.63, 3.8) is 0 Å². The smallest absolute Gasteiger partial charge is 0.163 e. The van der Waals surface area contributed by atoms with Crippen LogP contribution in [-0.4, -0.2) is 24.6 Å². The van der Waals surface area contributed by atoms with Crippen LogP contribution in [0.3, 0.4) is 0 Å². The summed E-state index contributed by atoms with van der Waals surface area (Å²) in [7, 11) is 0. The van der Waals surface area contributed by atoms with Crippen molar-refractivity contribution in [1.29, 1.82) is 0 Å². The molecule has 0 amide bonds. The van der Waals surface area contributed by atoms with Gasteiger partial charge in [0, 0.05) is 0 Å². The Bertz CT molecular complexity index is 348. The van der Waals surface area contributed by atoms with Gasteiger partial charge in [0.05, 0.1) is 19.3 Å². The molecule has 94 valence electrons. The highest BCUT2D eigenvalue weighted by Gasteiger charge is 2.36. The summed E-state index contributed by atoms with van der Waals surface area (Å²) >= 11 is 0. The van der Waals surface area contributed by atoms with Gasteiger partial charge in [-0.05, 0) is 26.3 Å². The summed E-state index contributed by atoms with van der Waals surface area (Å²) in [6.45, 7) is 7.09. The molecular weight excluding hydrogens is 216 g/mol. The fourth-order valence-corrected chi connectivity index (χ4v) is 1.86. The van der Waals surface area contributed by atoms with Gasteiger partial charge in [0.25, 0.3) is 0 Å². The van der Waals surface area contributed by atoms with E-state index >= 15 is 0 Å². The highest BCUT2D eigenvalue weighted by molar-refractivity contribution is 5.13. The van der Waals surface area contributed by atoms with Gasteiger partial charge in [-0.1, -0.05) is 30.3 Å². The van der Waals surface area contributed by atoms with Crippen LogP contribution in [0.15, 0.2) is 30.3 Å². The first-order valence-corrected chi connectivity index (χ1v) is 6.04. The summed E-state index contributed by atoms with van der Waals surface area (Å²) in [6, 6.07) is 10.2. The summed E-state index contributed by atoms with van der Waals surface area (Å²) < 4.78 is 17.1. The Labute approximate surface area is 103 Å². The molecule has 0 aliphatic carbocycles. The maximum atomic E-state index is 5.80. The minimum absolute atomic E-state index is 0.0220. The van der Waals surface area contributed by atoms with Gasteiger partial charge in [-0.25, -0.2) is 0 Å². The van der Waals surface area contributed by atoms with Gasteiger partial charge >= 0.3 is 0 Å². The van der Waals surface area contributed by atoms with E-state index in [0.29, 0.717) is 13.2 Å². The molecule has 0 bridgehead atoms. The highest BCUT2D eigenvalue weighted by atomic mass is 16.7. The molecular formula is C14H20O3. The Morgan fingerprint density at radius 3 is 2.65 bits per heavy atom. The third-order valence-corrected chi connectivity index (χ3v) is 2.91. The predicted molar refractivity (Wildman–Crippen MR) is 65.6 cm³/mol. The van der Waals surface area contributed by atoms with E-state index < -0.39 is 5.79 Å². The van der Waals surface area contributed by atoms with Crippen LogP contribution in [0.25, 0.3) is 0 Å². The van der Waals surface area contributed by atoms with Gasteiger partial charge in [0.2, 0.25) is 0 Å². The topological polar surface area (TPSA) is 27.7 Å². The monoisotopic (exact) mass is 236 g/mol. The van der Waals surface area contributed by atoms with Crippen LogP contribution in [0.1, 0.15) is 26.3 Å². The van der Waals surface area contributed by atoms with Crippen LogP contribution < -0.4 is 0 Å². The Hall–Kier alpha value is -0.900. The average molecular weight is 236 g/mol. The van der Waals surface area contributed by atoms with Gasteiger partial charge in [-0.15, -0.1) is 0 Å². The van der Waals surface area contributed by atoms with Crippen molar-refractivity contribution in [1.82, 2.24) is 0 Å². The number of rotatable bonds is 4. The fourth-order valence-electron chi connectivity index (χ4n) is 1.86. The average Bonchev–Trinajstić information content (AvgIpc) is 2.68. The molecule has 3 heteroatoms. The van der Waals surface area contributed by atoms with Crippen molar-refractivity contribution in [3.05, 3.63) is 35.9 Å². The molecule has 0 N–H and O–H groups in total. The van der Waals surface area contributed by atoms with E-state index in [4.69, 9.17) is 14.2 Å². The van der Waals surface area contributed by atoms with Crippen LogP contribution in [0, 0.1) is 0 Å². The minimum Gasteiger partial charge on any atom is -0.371 e. The van der Waals surface area contributed by atoms with Crippen molar-refractivity contribution < 1.29 is 14.2 Å². The van der Waals surface area contributed by atoms with Crippen molar-refractivity contribution in [2.75, 3.05) is 6.61 Å². The maximum Gasteiger partial charge on any atom is 0.163 e. The molecule has 0 radical (unpaired) electrons. The molecule has 17 heavy (non-hydrogen) atoms. The molecule has 1 aromatic carbocycles. The number of hydrogen-bond donors (Lipinski definition) is 0. The van der Waals surface area contributed by atoms with E-state index in [1.54, 1.807) is 0 Å². The summed E-state index contributed by atoms with van der Waals surface area (Å²) in [6.07, 6.45) is 0.0608. The lowest BCUT2D eigenvalue weighted by Crippen LogP contribution is -2.30. The van der Waals surface area contributed by atoms with E-state index in [2.05, 4.69) is 12.1 Å². The van der Waals surface area contributed by atoms with E-state index in [1.807, 2.05) is 39.0 Å². The second-order valence-electron chi connectivity index (χ2n) is 4.87. The molecule has 2 atom stereocenters. The van der Waals surface area contributed by atoms with E-state index in [9.17, 15) is 0 Å². The number of benzene rings is 1. The largest absolute Gasteiger partial charge is 0.371 e. The molecule has 1 heterocycles. The molecule has 3 nitrogen and oxygen atoms in total.